The molecule has 0 heterocycles. The van der Waals surface area contributed by atoms with E-state index in [1.54, 1.807) is 0 Å². The van der Waals surface area contributed by atoms with E-state index in [0.29, 0.717) is 6.54 Å². The fourth-order valence-electron chi connectivity index (χ4n) is 1.70. The maximum atomic E-state index is 11.6. The first-order valence-electron chi connectivity index (χ1n) is 6.18. The largest absolute Gasteiger partial charge is 0.399 e. The van der Waals surface area contributed by atoms with Gasteiger partial charge in [0.25, 0.3) is 0 Å². The van der Waals surface area contributed by atoms with Crippen LogP contribution in [0.15, 0.2) is 54.6 Å². The van der Waals surface area contributed by atoms with Crippen molar-refractivity contribution in [1.82, 2.24) is 5.32 Å². The molecule has 0 fully saturated rings. The third kappa shape index (κ3) is 4.35. The van der Waals surface area contributed by atoms with Crippen LogP contribution in [0.1, 0.15) is 5.56 Å². The van der Waals surface area contributed by atoms with Crippen molar-refractivity contribution in [2.45, 2.75) is 6.42 Å². The third-order valence-electron chi connectivity index (χ3n) is 2.71. The zero-order valence-corrected chi connectivity index (χ0v) is 10.6. The van der Waals surface area contributed by atoms with Crippen molar-refractivity contribution in [2.24, 2.45) is 0 Å². The Balaban J connectivity index is 1.74. The Labute approximate surface area is 112 Å². The molecule has 0 aliphatic carbocycles. The van der Waals surface area contributed by atoms with Gasteiger partial charge in [0.1, 0.15) is 0 Å². The van der Waals surface area contributed by atoms with Crippen LogP contribution >= 0.6 is 0 Å². The van der Waals surface area contributed by atoms with E-state index in [2.05, 4.69) is 10.6 Å². The van der Waals surface area contributed by atoms with Crippen LogP contribution in [0.3, 0.4) is 0 Å². The molecule has 2 amide bonds. The molecule has 0 atom stereocenters. The number of hydrogen-bond donors (Lipinski definition) is 3. The summed E-state index contributed by atoms with van der Waals surface area (Å²) in [4.78, 5) is 11.6. The molecule has 98 valence electrons. The standard InChI is InChI=1S/C15H17N3O/c16-13-8-6-12(7-9-13)10-11-17-15(19)18-14-4-2-1-3-5-14/h1-9H,10-11,16H2,(H2,17,18,19). The molecule has 19 heavy (non-hydrogen) atoms. The maximum Gasteiger partial charge on any atom is 0.319 e. The van der Waals surface area contributed by atoms with Gasteiger partial charge in [-0.25, -0.2) is 4.79 Å². The summed E-state index contributed by atoms with van der Waals surface area (Å²) >= 11 is 0. The van der Waals surface area contributed by atoms with Gasteiger partial charge in [-0.2, -0.15) is 0 Å². The van der Waals surface area contributed by atoms with Crippen LogP contribution < -0.4 is 16.4 Å². The molecule has 4 heteroatoms. The summed E-state index contributed by atoms with van der Waals surface area (Å²) < 4.78 is 0. The number of rotatable bonds is 4. The van der Waals surface area contributed by atoms with Crippen LogP contribution in [0.25, 0.3) is 0 Å². The number of nitrogens with two attached hydrogens (primary N) is 1. The van der Waals surface area contributed by atoms with Crippen molar-refractivity contribution in [2.75, 3.05) is 17.6 Å². The molecule has 0 bridgehead atoms. The van der Waals surface area contributed by atoms with Crippen LogP contribution in [-0.2, 0) is 6.42 Å². The van der Waals surface area contributed by atoms with E-state index in [9.17, 15) is 4.79 Å². The van der Waals surface area contributed by atoms with Crippen molar-refractivity contribution in [3.8, 4) is 0 Å². The van der Waals surface area contributed by atoms with E-state index in [1.807, 2.05) is 54.6 Å². The first-order valence-corrected chi connectivity index (χ1v) is 6.18. The predicted octanol–water partition coefficient (Wildman–Crippen LogP) is 2.63. The topological polar surface area (TPSA) is 67.1 Å². The summed E-state index contributed by atoms with van der Waals surface area (Å²) in [6, 6.07) is 16.8. The molecular formula is C15H17N3O. The number of anilines is 2. The summed E-state index contributed by atoms with van der Waals surface area (Å²) in [5.74, 6) is 0. The Hall–Kier alpha value is -2.49. The molecule has 0 aliphatic rings. The second-order valence-corrected chi connectivity index (χ2v) is 4.24. The fourth-order valence-corrected chi connectivity index (χ4v) is 1.70. The minimum atomic E-state index is -0.193. The van der Waals surface area contributed by atoms with Crippen LogP contribution in [0.4, 0.5) is 16.2 Å². The number of carbonyl (C=O) groups excluding carboxylic acids is 1. The summed E-state index contributed by atoms with van der Waals surface area (Å²) in [5, 5.41) is 5.58. The van der Waals surface area contributed by atoms with E-state index in [0.717, 1.165) is 23.4 Å². The van der Waals surface area contributed by atoms with E-state index in [1.165, 1.54) is 0 Å². The summed E-state index contributed by atoms with van der Waals surface area (Å²) in [6.07, 6.45) is 0.780. The average Bonchev–Trinajstić information content (AvgIpc) is 2.42. The van der Waals surface area contributed by atoms with Crippen molar-refractivity contribution in [3.63, 3.8) is 0 Å². The number of carbonyl (C=O) groups is 1. The number of hydrogen-bond acceptors (Lipinski definition) is 2. The molecule has 2 rings (SSSR count). The van der Waals surface area contributed by atoms with Crippen molar-refractivity contribution in [3.05, 3.63) is 60.2 Å². The Kier molecular flexibility index (Phi) is 4.39. The van der Waals surface area contributed by atoms with Gasteiger partial charge in [0, 0.05) is 17.9 Å². The Morgan fingerprint density at radius 3 is 2.37 bits per heavy atom. The summed E-state index contributed by atoms with van der Waals surface area (Å²) in [7, 11) is 0. The minimum absolute atomic E-state index is 0.193. The summed E-state index contributed by atoms with van der Waals surface area (Å²) in [5.41, 5.74) is 8.29. The summed E-state index contributed by atoms with van der Waals surface area (Å²) in [6.45, 7) is 0.586. The molecule has 0 saturated carbocycles. The zero-order valence-electron chi connectivity index (χ0n) is 10.6. The highest BCUT2D eigenvalue weighted by molar-refractivity contribution is 5.89. The number of para-hydroxylation sites is 1. The van der Waals surface area contributed by atoms with Gasteiger partial charge in [-0.05, 0) is 36.2 Å². The Bertz CT molecular complexity index is 523. The lowest BCUT2D eigenvalue weighted by Gasteiger charge is -2.07. The van der Waals surface area contributed by atoms with Gasteiger partial charge in [0.2, 0.25) is 0 Å². The lowest BCUT2D eigenvalue weighted by Crippen LogP contribution is -2.30. The van der Waals surface area contributed by atoms with Gasteiger partial charge in [0.15, 0.2) is 0 Å². The van der Waals surface area contributed by atoms with Gasteiger partial charge in [0.05, 0.1) is 0 Å². The SMILES string of the molecule is Nc1ccc(CCNC(=O)Nc2ccccc2)cc1. The van der Waals surface area contributed by atoms with Crippen molar-refractivity contribution in [1.29, 1.82) is 0 Å². The van der Waals surface area contributed by atoms with E-state index < -0.39 is 0 Å². The lowest BCUT2D eigenvalue weighted by molar-refractivity contribution is 0.252. The minimum Gasteiger partial charge on any atom is -0.399 e. The van der Waals surface area contributed by atoms with Gasteiger partial charge in [-0.3, -0.25) is 0 Å². The van der Waals surface area contributed by atoms with Gasteiger partial charge in [-0.1, -0.05) is 30.3 Å². The maximum absolute atomic E-state index is 11.6. The smallest absolute Gasteiger partial charge is 0.319 e. The highest BCUT2D eigenvalue weighted by Crippen LogP contribution is 2.06. The molecule has 0 aliphatic heterocycles. The van der Waals surface area contributed by atoms with Crippen LogP contribution in [0, 0.1) is 0 Å². The third-order valence-corrected chi connectivity index (χ3v) is 2.71. The zero-order chi connectivity index (χ0) is 13.5. The molecule has 2 aromatic carbocycles. The van der Waals surface area contributed by atoms with Crippen LogP contribution in [0.2, 0.25) is 0 Å². The first-order chi connectivity index (χ1) is 9.24. The lowest BCUT2D eigenvalue weighted by atomic mass is 10.1. The van der Waals surface area contributed by atoms with Crippen molar-refractivity contribution >= 4 is 17.4 Å². The predicted molar refractivity (Wildman–Crippen MR) is 78.0 cm³/mol. The molecule has 0 unspecified atom stereocenters. The Morgan fingerprint density at radius 2 is 1.68 bits per heavy atom. The van der Waals surface area contributed by atoms with E-state index >= 15 is 0 Å². The second kappa shape index (κ2) is 6.44. The molecule has 4 nitrogen and oxygen atoms in total. The quantitative estimate of drug-likeness (QED) is 0.735. The number of benzene rings is 2. The normalized spacial score (nSPS) is 9.89. The average molecular weight is 255 g/mol. The first kappa shape index (κ1) is 13.0. The Morgan fingerprint density at radius 1 is 1.00 bits per heavy atom. The molecule has 2 aromatic rings. The second-order valence-electron chi connectivity index (χ2n) is 4.24. The number of urea groups is 1. The highest BCUT2D eigenvalue weighted by Gasteiger charge is 2.00. The van der Waals surface area contributed by atoms with E-state index in [-0.39, 0.29) is 6.03 Å². The molecule has 0 aromatic heterocycles. The highest BCUT2D eigenvalue weighted by atomic mass is 16.2. The molecule has 0 saturated heterocycles. The van der Waals surface area contributed by atoms with Crippen LogP contribution in [0.5, 0.6) is 0 Å². The van der Waals surface area contributed by atoms with E-state index in [4.69, 9.17) is 5.73 Å². The monoisotopic (exact) mass is 255 g/mol. The molecule has 0 spiro atoms. The van der Waals surface area contributed by atoms with Crippen LogP contribution in [-0.4, -0.2) is 12.6 Å². The fraction of sp³-hybridized carbons (Fsp3) is 0.133. The van der Waals surface area contributed by atoms with Gasteiger partial charge < -0.3 is 16.4 Å². The number of nitrogens with one attached hydrogen (secondary N) is 2. The number of nitrogen functional groups attached to an aromatic ring is 1. The van der Waals surface area contributed by atoms with Gasteiger partial charge in [-0.15, -0.1) is 0 Å². The molecule has 4 N–H and O–H groups in total. The number of amides is 2. The molecular weight excluding hydrogens is 238 g/mol. The molecule has 0 radical (unpaired) electrons. The van der Waals surface area contributed by atoms with Gasteiger partial charge >= 0.3 is 6.03 Å². The van der Waals surface area contributed by atoms with Crippen molar-refractivity contribution < 1.29 is 4.79 Å².